The molecule has 0 saturated heterocycles. The number of carbonyl (C=O) groups is 1. The SMILES string of the molecule is Cc1cccc(Nc2c(C(N)=O)cnc3ccc(S(C)(=O)=O)cc23)c1. The van der Waals surface area contributed by atoms with Gasteiger partial charge in [-0.1, -0.05) is 12.1 Å². The summed E-state index contributed by atoms with van der Waals surface area (Å²) in [5, 5.41) is 3.70. The number of amides is 1. The molecule has 7 heteroatoms. The summed E-state index contributed by atoms with van der Waals surface area (Å²) in [6.45, 7) is 1.95. The van der Waals surface area contributed by atoms with Crippen LogP contribution in [-0.4, -0.2) is 25.6 Å². The fourth-order valence-corrected chi connectivity index (χ4v) is 3.24. The number of sulfone groups is 1. The first-order valence-electron chi connectivity index (χ1n) is 7.52. The maximum absolute atomic E-state index is 11.9. The van der Waals surface area contributed by atoms with E-state index in [1.807, 2.05) is 31.2 Å². The van der Waals surface area contributed by atoms with Crippen molar-refractivity contribution in [2.45, 2.75) is 11.8 Å². The van der Waals surface area contributed by atoms with Crippen LogP contribution >= 0.6 is 0 Å². The summed E-state index contributed by atoms with van der Waals surface area (Å²) >= 11 is 0. The summed E-state index contributed by atoms with van der Waals surface area (Å²) in [5.74, 6) is -0.644. The number of nitrogens with two attached hydrogens (primary N) is 1. The van der Waals surface area contributed by atoms with Crippen molar-refractivity contribution in [3.8, 4) is 0 Å². The van der Waals surface area contributed by atoms with Crippen LogP contribution < -0.4 is 11.1 Å². The maximum atomic E-state index is 11.9. The van der Waals surface area contributed by atoms with Crippen LogP contribution in [0.4, 0.5) is 11.4 Å². The third-order valence-corrected chi connectivity index (χ3v) is 4.93. The number of fused-ring (bicyclic) bond motifs is 1. The van der Waals surface area contributed by atoms with Crippen molar-refractivity contribution in [2.75, 3.05) is 11.6 Å². The molecule has 0 aliphatic heterocycles. The van der Waals surface area contributed by atoms with Crippen LogP contribution in [0.2, 0.25) is 0 Å². The molecular formula is C18H17N3O3S. The largest absolute Gasteiger partial charge is 0.365 e. The highest BCUT2D eigenvalue weighted by molar-refractivity contribution is 7.90. The Labute approximate surface area is 145 Å². The lowest BCUT2D eigenvalue weighted by atomic mass is 10.1. The summed E-state index contributed by atoms with van der Waals surface area (Å²) in [4.78, 5) is 16.2. The summed E-state index contributed by atoms with van der Waals surface area (Å²) < 4.78 is 23.8. The van der Waals surface area contributed by atoms with Gasteiger partial charge in [0.25, 0.3) is 5.91 Å². The summed E-state index contributed by atoms with van der Waals surface area (Å²) in [6.07, 6.45) is 2.52. The van der Waals surface area contributed by atoms with E-state index >= 15 is 0 Å². The predicted octanol–water partition coefficient (Wildman–Crippen LogP) is 2.79. The molecule has 6 nitrogen and oxygen atoms in total. The van der Waals surface area contributed by atoms with Gasteiger partial charge in [-0.2, -0.15) is 0 Å². The van der Waals surface area contributed by atoms with E-state index in [9.17, 15) is 13.2 Å². The Bertz CT molecular complexity index is 1090. The summed E-state index contributed by atoms with van der Waals surface area (Å²) in [5.41, 5.74) is 8.48. The standard InChI is InChI=1S/C18H17N3O3S/c1-11-4-3-5-12(8-11)21-17-14-9-13(25(2,23)24)6-7-16(14)20-10-15(17)18(19)22/h3-10H,1-2H3,(H2,19,22)(H,20,21). The molecule has 2 aromatic carbocycles. The summed E-state index contributed by atoms with van der Waals surface area (Å²) in [6, 6.07) is 12.2. The van der Waals surface area contributed by atoms with Gasteiger partial charge in [-0.15, -0.1) is 0 Å². The van der Waals surface area contributed by atoms with E-state index in [0.29, 0.717) is 16.6 Å². The maximum Gasteiger partial charge on any atom is 0.252 e. The van der Waals surface area contributed by atoms with E-state index in [0.717, 1.165) is 17.5 Å². The molecular weight excluding hydrogens is 338 g/mol. The molecule has 0 bridgehead atoms. The first kappa shape index (κ1) is 16.9. The van der Waals surface area contributed by atoms with Gasteiger partial charge < -0.3 is 11.1 Å². The predicted molar refractivity (Wildman–Crippen MR) is 97.8 cm³/mol. The zero-order chi connectivity index (χ0) is 18.2. The first-order chi connectivity index (χ1) is 11.8. The van der Waals surface area contributed by atoms with Gasteiger partial charge in [0.05, 0.1) is 21.7 Å². The Morgan fingerprint density at radius 3 is 2.56 bits per heavy atom. The molecule has 0 fully saturated rings. The number of pyridine rings is 1. The van der Waals surface area contributed by atoms with Crippen molar-refractivity contribution < 1.29 is 13.2 Å². The van der Waals surface area contributed by atoms with Crippen LogP contribution in [0.25, 0.3) is 10.9 Å². The van der Waals surface area contributed by atoms with Crippen LogP contribution in [0.1, 0.15) is 15.9 Å². The topological polar surface area (TPSA) is 102 Å². The van der Waals surface area contributed by atoms with Gasteiger partial charge in [-0.25, -0.2) is 8.42 Å². The first-order valence-corrected chi connectivity index (χ1v) is 9.41. The lowest BCUT2D eigenvalue weighted by Gasteiger charge is -2.14. The van der Waals surface area contributed by atoms with Crippen LogP contribution in [-0.2, 0) is 9.84 Å². The van der Waals surface area contributed by atoms with Crippen LogP contribution in [0.15, 0.2) is 53.6 Å². The van der Waals surface area contributed by atoms with E-state index in [2.05, 4.69) is 10.3 Å². The van der Waals surface area contributed by atoms with Crippen LogP contribution in [0, 0.1) is 6.92 Å². The lowest BCUT2D eigenvalue weighted by molar-refractivity contribution is 0.100. The molecule has 0 aliphatic rings. The smallest absolute Gasteiger partial charge is 0.252 e. The zero-order valence-corrected chi connectivity index (χ0v) is 14.6. The van der Waals surface area contributed by atoms with E-state index in [1.54, 1.807) is 6.07 Å². The lowest BCUT2D eigenvalue weighted by Crippen LogP contribution is -2.14. The quantitative estimate of drug-likeness (QED) is 0.749. The Hall–Kier alpha value is -2.93. The normalized spacial score (nSPS) is 11.4. The van der Waals surface area contributed by atoms with E-state index in [-0.39, 0.29) is 10.5 Å². The number of hydrogen-bond acceptors (Lipinski definition) is 5. The molecule has 3 rings (SSSR count). The average molecular weight is 355 g/mol. The number of hydrogen-bond donors (Lipinski definition) is 2. The van der Waals surface area contributed by atoms with E-state index in [4.69, 9.17) is 5.73 Å². The fraction of sp³-hybridized carbons (Fsp3) is 0.111. The van der Waals surface area contributed by atoms with Crippen molar-refractivity contribution >= 4 is 38.0 Å². The minimum absolute atomic E-state index is 0.149. The van der Waals surface area contributed by atoms with Crippen LogP contribution in [0.3, 0.4) is 0 Å². The molecule has 1 amide bonds. The number of nitrogens with zero attached hydrogens (tertiary/aromatic N) is 1. The molecule has 3 N–H and O–H groups in total. The number of rotatable bonds is 4. The Kier molecular flexibility index (Phi) is 4.18. The van der Waals surface area contributed by atoms with Gasteiger partial charge in [0.15, 0.2) is 9.84 Å². The van der Waals surface area contributed by atoms with Crippen molar-refractivity contribution in [3.63, 3.8) is 0 Å². The third kappa shape index (κ3) is 3.46. The minimum Gasteiger partial charge on any atom is -0.365 e. The number of primary amides is 1. The second-order valence-corrected chi connectivity index (χ2v) is 7.87. The molecule has 0 spiro atoms. The third-order valence-electron chi connectivity index (χ3n) is 3.82. The van der Waals surface area contributed by atoms with Gasteiger partial charge in [-0.3, -0.25) is 9.78 Å². The molecule has 0 unspecified atom stereocenters. The number of benzene rings is 2. The molecule has 0 radical (unpaired) electrons. The van der Waals surface area contributed by atoms with Gasteiger partial charge in [0.2, 0.25) is 0 Å². The summed E-state index contributed by atoms with van der Waals surface area (Å²) in [7, 11) is -3.40. The molecule has 0 aliphatic carbocycles. The number of nitrogens with one attached hydrogen (secondary N) is 1. The van der Waals surface area contributed by atoms with E-state index < -0.39 is 15.7 Å². The highest BCUT2D eigenvalue weighted by Gasteiger charge is 2.16. The second kappa shape index (κ2) is 6.18. The highest BCUT2D eigenvalue weighted by atomic mass is 32.2. The molecule has 25 heavy (non-hydrogen) atoms. The van der Waals surface area contributed by atoms with Gasteiger partial charge in [-0.05, 0) is 42.8 Å². The molecule has 0 saturated carbocycles. The Balaban J connectivity index is 2.28. The number of carbonyl (C=O) groups excluding carboxylic acids is 1. The number of aromatic nitrogens is 1. The molecule has 0 atom stereocenters. The number of aryl methyl sites for hydroxylation is 1. The monoisotopic (exact) mass is 355 g/mol. The highest BCUT2D eigenvalue weighted by Crippen LogP contribution is 2.31. The van der Waals surface area contributed by atoms with Crippen molar-refractivity contribution in [1.29, 1.82) is 0 Å². The van der Waals surface area contributed by atoms with Crippen molar-refractivity contribution in [2.24, 2.45) is 5.73 Å². The van der Waals surface area contributed by atoms with Crippen molar-refractivity contribution in [1.82, 2.24) is 4.98 Å². The Morgan fingerprint density at radius 1 is 1.16 bits per heavy atom. The van der Waals surface area contributed by atoms with Gasteiger partial charge in [0, 0.05) is 23.5 Å². The molecule has 1 heterocycles. The average Bonchev–Trinajstić information content (AvgIpc) is 2.53. The van der Waals surface area contributed by atoms with Gasteiger partial charge >= 0.3 is 0 Å². The zero-order valence-electron chi connectivity index (χ0n) is 13.8. The molecule has 128 valence electrons. The van der Waals surface area contributed by atoms with Crippen molar-refractivity contribution in [3.05, 3.63) is 59.8 Å². The molecule has 1 aromatic heterocycles. The fourth-order valence-electron chi connectivity index (χ4n) is 2.59. The molecule has 3 aromatic rings. The van der Waals surface area contributed by atoms with E-state index in [1.165, 1.54) is 18.3 Å². The minimum atomic E-state index is -3.40. The van der Waals surface area contributed by atoms with Crippen LogP contribution in [0.5, 0.6) is 0 Å². The second-order valence-electron chi connectivity index (χ2n) is 5.86. The number of anilines is 2. The van der Waals surface area contributed by atoms with Gasteiger partial charge in [0.1, 0.15) is 0 Å². The Morgan fingerprint density at radius 2 is 1.92 bits per heavy atom.